The van der Waals surface area contributed by atoms with E-state index in [2.05, 4.69) is 0 Å². The summed E-state index contributed by atoms with van der Waals surface area (Å²) in [5, 5.41) is 0. The number of fused-ring (bicyclic) bond motifs is 1. The Kier molecular flexibility index (Phi) is 4.59. The lowest BCUT2D eigenvalue weighted by atomic mass is 10.1. The van der Waals surface area contributed by atoms with Crippen molar-refractivity contribution in [1.82, 2.24) is 0 Å². The second kappa shape index (κ2) is 6.97. The largest absolute Gasteiger partial charge is 0.314 e. The van der Waals surface area contributed by atoms with Gasteiger partial charge in [-0.1, -0.05) is 42.0 Å². The molecule has 29 heavy (non-hydrogen) atoms. The Labute approximate surface area is 168 Å². The topological polar surface area (TPSA) is 54.5 Å². The Morgan fingerprint density at radius 3 is 2.31 bits per heavy atom. The van der Waals surface area contributed by atoms with Gasteiger partial charge in [0.1, 0.15) is 10.7 Å². The number of hydrogen-bond donors (Lipinski definition) is 0. The first kappa shape index (κ1) is 19.1. The number of hydrogen-bond acceptors (Lipinski definition) is 4. The number of allylic oxidation sites excluding steroid dienone is 1. The van der Waals surface area contributed by atoms with Crippen LogP contribution in [0.15, 0.2) is 82.7 Å². The Hall–Kier alpha value is -3.25. The van der Waals surface area contributed by atoms with E-state index in [9.17, 15) is 17.6 Å². The second-order valence-electron chi connectivity index (χ2n) is 7.01. The number of sulfone groups is 1. The molecule has 0 bridgehead atoms. The van der Waals surface area contributed by atoms with Crippen molar-refractivity contribution in [2.75, 3.05) is 4.90 Å². The van der Waals surface area contributed by atoms with E-state index in [1.54, 1.807) is 35.2 Å². The quantitative estimate of drug-likeness (QED) is 0.448. The maximum absolute atomic E-state index is 14.0. The van der Waals surface area contributed by atoms with E-state index >= 15 is 0 Å². The Morgan fingerprint density at radius 1 is 0.897 bits per heavy atom. The van der Waals surface area contributed by atoms with Crippen LogP contribution >= 0.6 is 0 Å². The van der Waals surface area contributed by atoms with Gasteiger partial charge in [0.15, 0.2) is 0 Å². The number of carbonyl (C=O) groups is 1. The monoisotopic (exact) mass is 407 g/mol. The molecule has 1 aliphatic rings. The van der Waals surface area contributed by atoms with Crippen LogP contribution in [-0.2, 0) is 9.84 Å². The fourth-order valence-electron chi connectivity index (χ4n) is 3.30. The van der Waals surface area contributed by atoms with Crippen LogP contribution < -0.4 is 4.90 Å². The Morgan fingerprint density at radius 2 is 1.62 bits per heavy atom. The molecule has 6 heteroatoms. The maximum atomic E-state index is 14.0. The van der Waals surface area contributed by atoms with E-state index in [-0.39, 0.29) is 21.1 Å². The first-order chi connectivity index (χ1) is 13.8. The summed E-state index contributed by atoms with van der Waals surface area (Å²) in [4.78, 5) is 14.2. The fraction of sp³-hybridized carbons (Fsp3) is 0.0870. The Bertz CT molecular complexity index is 1260. The lowest BCUT2D eigenvalue weighted by Crippen LogP contribution is -2.26. The van der Waals surface area contributed by atoms with Gasteiger partial charge in [0.2, 0.25) is 15.6 Å². The standard InChI is InChI=1S/C23H18FNO3S/c1-15-6-8-17(9-7-15)23(26)22-14-25(19-5-3-4-16(2)12-19)20-13-18(24)10-11-21(20)29(22,27)28/h3-14H,1-2H3. The molecule has 146 valence electrons. The van der Waals surface area contributed by atoms with E-state index in [1.165, 1.54) is 18.3 Å². The normalized spacial score (nSPS) is 14.9. The molecule has 0 N–H and O–H groups in total. The van der Waals surface area contributed by atoms with Crippen molar-refractivity contribution in [1.29, 1.82) is 0 Å². The van der Waals surface area contributed by atoms with Gasteiger partial charge in [-0.3, -0.25) is 4.79 Å². The molecule has 3 aromatic carbocycles. The lowest BCUT2D eigenvalue weighted by Gasteiger charge is -2.29. The molecule has 0 saturated carbocycles. The Balaban J connectivity index is 1.94. The van der Waals surface area contributed by atoms with Crippen molar-refractivity contribution in [3.8, 4) is 0 Å². The van der Waals surface area contributed by atoms with Gasteiger partial charge in [0.25, 0.3) is 0 Å². The molecule has 0 spiro atoms. The third kappa shape index (κ3) is 3.36. The summed E-state index contributed by atoms with van der Waals surface area (Å²) < 4.78 is 40.4. The van der Waals surface area contributed by atoms with E-state index in [0.29, 0.717) is 5.69 Å². The van der Waals surface area contributed by atoms with Crippen molar-refractivity contribution >= 4 is 27.0 Å². The molecular formula is C23H18FNO3S. The van der Waals surface area contributed by atoms with Crippen molar-refractivity contribution in [2.45, 2.75) is 18.7 Å². The molecule has 0 atom stereocenters. The molecule has 0 unspecified atom stereocenters. The number of carbonyl (C=O) groups excluding carboxylic acids is 1. The maximum Gasteiger partial charge on any atom is 0.214 e. The molecule has 0 aliphatic carbocycles. The van der Waals surface area contributed by atoms with Gasteiger partial charge in [-0.05, 0) is 49.7 Å². The van der Waals surface area contributed by atoms with Crippen molar-refractivity contribution in [3.05, 3.63) is 100 Å². The third-order valence-electron chi connectivity index (χ3n) is 4.82. The summed E-state index contributed by atoms with van der Waals surface area (Å²) in [5.41, 5.74) is 3.01. The fourth-order valence-corrected chi connectivity index (χ4v) is 4.82. The molecule has 0 saturated heterocycles. The number of anilines is 2. The summed E-state index contributed by atoms with van der Waals surface area (Å²) in [6, 6.07) is 17.5. The zero-order chi connectivity index (χ0) is 20.8. The van der Waals surface area contributed by atoms with Crippen LogP contribution in [0.1, 0.15) is 21.5 Å². The minimum Gasteiger partial charge on any atom is -0.314 e. The second-order valence-corrected chi connectivity index (χ2v) is 8.90. The van der Waals surface area contributed by atoms with Crippen LogP contribution in [0.25, 0.3) is 0 Å². The van der Waals surface area contributed by atoms with Crippen LogP contribution in [-0.4, -0.2) is 14.2 Å². The number of Topliss-reactive ketones (excluding diaryl/α,β-unsaturated/α-hetero) is 1. The van der Waals surface area contributed by atoms with E-state index < -0.39 is 21.4 Å². The van der Waals surface area contributed by atoms with Gasteiger partial charge in [0.05, 0.1) is 10.6 Å². The zero-order valence-corrected chi connectivity index (χ0v) is 16.7. The zero-order valence-electron chi connectivity index (χ0n) is 15.9. The molecule has 4 nitrogen and oxygen atoms in total. The predicted octanol–water partition coefficient (Wildman–Crippen LogP) is 5.09. The van der Waals surface area contributed by atoms with Gasteiger partial charge in [-0.2, -0.15) is 0 Å². The molecule has 0 fully saturated rings. The van der Waals surface area contributed by atoms with Crippen molar-refractivity contribution in [2.24, 2.45) is 0 Å². The SMILES string of the molecule is Cc1ccc(C(=O)C2=CN(c3cccc(C)c3)c3cc(F)ccc3S2(=O)=O)cc1. The van der Waals surface area contributed by atoms with Crippen LogP contribution in [0.5, 0.6) is 0 Å². The summed E-state index contributed by atoms with van der Waals surface area (Å²) >= 11 is 0. The highest BCUT2D eigenvalue weighted by Gasteiger charge is 2.36. The molecule has 3 aromatic rings. The number of rotatable bonds is 3. The molecule has 0 aromatic heterocycles. The average molecular weight is 407 g/mol. The minimum atomic E-state index is -4.10. The number of aryl methyl sites for hydroxylation is 2. The van der Waals surface area contributed by atoms with Crippen LogP contribution in [0, 0.1) is 19.7 Å². The molecule has 1 aliphatic heterocycles. The number of halogens is 1. The number of benzene rings is 3. The molecule has 0 radical (unpaired) electrons. The average Bonchev–Trinajstić information content (AvgIpc) is 2.68. The number of ketones is 1. The van der Waals surface area contributed by atoms with Crippen molar-refractivity contribution < 1.29 is 17.6 Å². The molecule has 0 amide bonds. The summed E-state index contributed by atoms with van der Waals surface area (Å²) in [6.45, 7) is 3.79. The van der Waals surface area contributed by atoms with Gasteiger partial charge in [0, 0.05) is 17.5 Å². The highest BCUT2D eigenvalue weighted by atomic mass is 32.2. The summed E-state index contributed by atoms with van der Waals surface area (Å²) in [5.74, 6) is -1.16. The van der Waals surface area contributed by atoms with E-state index in [4.69, 9.17) is 0 Å². The smallest absolute Gasteiger partial charge is 0.214 e. The minimum absolute atomic E-state index is 0.0987. The van der Waals surface area contributed by atoms with Crippen LogP contribution in [0.3, 0.4) is 0 Å². The first-order valence-corrected chi connectivity index (χ1v) is 10.5. The van der Waals surface area contributed by atoms with Gasteiger partial charge in [-0.25, -0.2) is 12.8 Å². The highest BCUT2D eigenvalue weighted by Crippen LogP contribution is 2.40. The summed E-state index contributed by atoms with van der Waals surface area (Å²) in [6.07, 6.45) is 1.29. The van der Waals surface area contributed by atoms with Crippen molar-refractivity contribution in [3.63, 3.8) is 0 Å². The van der Waals surface area contributed by atoms with Gasteiger partial charge >= 0.3 is 0 Å². The lowest BCUT2D eigenvalue weighted by molar-refractivity contribution is 0.104. The third-order valence-corrected chi connectivity index (χ3v) is 6.62. The van der Waals surface area contributed by atoms with Crippen LogP contribution in [0.4, 0.5) is 15.8 Å². The molecule has 1 heterocycles. The summed E-state index contributed by atoms with van der Waals surface area (Å²) in [7, 11) is -4.10. The molecule has 4 rings (SSSR count). The van der Waals surface area contributed by atoms with Gasteiger partial charge in [-0.15, -0.1) is 0 Å². The highest BCUT2D eigenvalue weighted by molar-refractivity contribution is 7.96. The van der Waals surface area contributed by atoms with E-state index in [0.717, 1.165) is 17.2 Å². The van der Waals surface area contributed by atoms with Gasteiger partial charge < -0.3 is 4.90 Å². The first-order valence-electron chi connectivity index (χ1n) is 9.01. The molecular weight excluding hydrogens is 389 g/mol. The van der Waals surface area contributed by atoms with E-state index in [1.807, 2.05) is 32.0 Å². The number of nitrogens with zero attached hydrogens (tertiary/aromatic N) is 1. The van der Waals surface area contributed by atoms with Crippen LogP contribution in [0.2, 0.25) is 0 Å². The predicted molar refractivity (Wildman–Crippen MR) is 110 cm³/mol.